The maximum atomic E-state index is 11.8. The number of aliphatic hydroxyl groups is 1. The summed E-state index contributed by atoms with van der Waals surface area (Å²) in [5.41, 5.74) is 0.587. The largest absolute Gasteiger partial charge is 0.396 e. The molecule has 1 saturated heterocycles. The van der Waals surface area contributed by atoms with Crippen molar-refractivity contribution in [1.82, 2.24) is 15.1 Å². The van der Waals surface area contributed by atoms with Crippen molar-refractivity contribution in [1.29, 1.82) is 0 Å². The molecule has 1 fully saturated rings. The van der Waals surface area contributed by atoms with E-state index in [9.17, 15) is 4.79 Å². The Balaban J connectivity index is 2.00. The second-order valence-corrected chi connectivity index (χ2v) is 3.58. The van der Waals surface area contributed by atoms with Gasteiger partial charge in [0.25, 0.3) is 5.91 Å². The highest BCUT2D eigenvalue weighted by Crippen LogP contribution is 2.17. The van der Waals surface area contributed by atoms with Crippen LogP contribution in [0.3, 0.4) is 0 Å². The number of carbonyl (C=O) groups excluding carboxylic acids is 1. The third-order valence-electron chi connectivity index (χ3n) is 2.58. The van der Waals surface area contributed by atoms with Crippen molar-refractivity contribution in [3.8, 4) is 0 Å². The lowest BCUT2D eigenvalue weighted by molar-refractivity contribution is 0.0782. The van der Waals surface area contributed by atoms with Crippen molar-refractivity contribution < 1.29 is 9.90 Å². The average molecular weight is 195 g/mol. The second-order valence-electron chi connectivity index (χ2n) is 3.58. The third kappa shape index (κ3) is 1.63. The fourth-order valence-electron chi connectivity index (χ4n) is 1.72. The number of aromatic nitrogens is 2. The van der Waals surface area contributed by atoms with E-state index < -0.39 is 0 Å². The van der Waals surface area contributed by atoms with Gasteiger partial charge in [0.05, 0.1) is 11.8 Å². The van der Waals surface area contributed by atoms with E-state index in [1.54, 1.807) is 11.1 Å². The maximum Gasteiger partial charge on any atom is 0.257 e. The number of amides is 1. The normalized spacial score (nSPS) is 21.5. The Hall–Kier alpha value is -1.36. The molecule has 2 N–H and O–H groups in total. The summed E-state index contributed by atoms with van der Waals surface area (Å²) in [5.74, 6) is 0.237. The number of aliphatic hydroxyl groups excluding tert-OH is 1. The van der Waals surface area contributed by atoms with Crippen LogP contribution in [0.5, 0.6) is 0 Å². The van der Waals surface area contributed by atoms with Crippen LogP contribution in [-0.2, 0) is 0 Å². The van der Waals surface area contributed by atoms with Gasteiger partial charge in [0.15, 0.2) is 0 Å². The first-order chi connectivity index (χ1) is 6.81. The minimum Gasteiger partial charge on any atom is -0.396 e. The quantitative estimate of drug-likeness (QED) is 0.690. The summed E-state index contributed by atoms with van der Waals surface area (Å²) in [6.07, 6.45) is 4.00. The van der Waals surface area contributed by atoms with Crippen molar-refractivity contribution in [2.45, 2.75) is 6.42 Å². The van der Waals surface area contributed by atoms with Crippen molar-refractivity contribution in [2.24, 2.45) is 5.92 Å². The number of carbonyl (C=O) groups is 1. The van der Waals surface area contributed by atoms with Gasteiger partial charge in [-0.3, -0.25) is 9.89 Å². The fraction of sp³-hybridized carbons (Fsp3) is 0.556. The molecule has 14 heavy (non-hydrogen) atoms. The standard InChI is InChI=1S/C9H13N3O2/c13-6-7-1-2-12(5-7)9(14)8-3-10-11-4-8/h3-4,7,13H,1-2,5-6H2,(H,10,11). The number of likely N-dealkylation sites (tertiary alicyclic amines) is 1. The fourth-order valence-corrected chi connectivity index (χ4v) is 1.72. The summed E-state index contributed by atoms with van der Waals surface area (Å²) >= 11 is 0. The molecule has 1 aromatic rings. The molecule has 1 aliphatic rings. The summed E-state index contributed by atoms with van der Waals surface area (Å²) in [4.78, 5) is 13.5. The lowest BCUT2D eigenvalue weighted by atomic mass is 10.1. The van der Waals surface area contributed by atoms with E-state index in [1.807, 2.05) is 0 Å². The zero-order valence-corrected chi connectivity index (χ0v) is 7.81. The Labute approximate surface area is 81.7 Å². The molecule has 1 unspecified atom stereocenters. The predicted octanol–water partition coefficient (Wildman–Crippen LogP) is -0.136. The maximum absolute atomic E-state index is 11.8. The van der Waals surface area contributed by atoms with E-state index in [0.29, 0.717) is 12.1 Å². The first-order valence-corrected chi connectivity index (χ1v) is 4.70. The van der Waals surface area contributed by atoms with E-state index in [4.69, 9.17) is 5.11 Å². The van der Waals surface area contributed by atoms with Crippen molar-refractivity contribution >= 4 is 5.91 Å². The van der Waals surface area contributed by atoms with Gasteiger partial charge < -0.3 is 10.0 Å². The first-order valence-electron chi connectivity index (χ1n) is 4.70. The zero-order chi connectivity index (χ0) is 9.97. The van der Waals surface area contributed by atoms with Crippen LogP contribution in [0, 0.1) is 5.92 Å². The summed E-state index contributed by atoms with van der Waals surface area (Å²) in [6.45, 7) is 1.55. The van der Waals surface area contributed by atoms with Gasteiger partial charge in [-0.15, -0.1) is 0 Å². The molecule has 5 heteroatoms. The topological polar surface area (TPSA) is 69.2 Å². The van der Waals surface area contributed by atoms with Crippen LogP contribution in [0.4, 0.5) is 0 Å². The minimum absolute atomic E-state index is 0.00491. The zero-order valence-electron chi connectivity index (χ0n) is 7.81. The number of rotatable bonds is 2. The van der Waals surface area contributed by atoms with Crippen molar-refractivity contribution in [2.75, 3.05) is 19.7 Å². The number of hydrogen-bond donors (Lipinski definition) is 2. The van der Waals surface area contributed by atoms with E-state index in [0.717, 1.165) is 13.0 Å². The number of nitrogens with zero attached hydrogens (tertiary/aromatic N) is 2. The van der Waals surface area contributed by atoms with Gasteiger partial charge in [-0.25, -0.2) is 0 Å². The molecule has 1 amide bonds. The summed E-state index contributed by atoms with van der Waals surface area (Å²) in [6, 6.07) is 0. The molecule has 2 heterocycles. The molecule has 0 spiro atoms. The molecular formula is C9H13N3O2. The van der Waals surface area contributed by atoms with Crippen LogP contribution in [-0.4, -0.2) is 45.8 Å². The lowest BCUT2D eigenvalue weighted by Crippen LogP contribution is -2.28. The van der Waals surface area contributed by atoms with Crippen LogP contribution in [0.2, 0.25) is 0 Å². The Morgan fingerprint density at radius 1 is 1.79 bits per heavy atom. The third-order valence-corrected chi connectivity index (χ3v) is 2.58. The summed E-state index contributed by atoms with van der Waals surface area (Å²) in [7, 11) is 0. The van der Waals surface area contributed by atoms with Crippen LogP contribution in [0.25, 0.3) is 0 Å². The van der Waals surface area contributed by atoms with E-state index >= 15 is 0 Å². The van der Waals surface area contributed by atoms with Crippen molar-refractivity contribution in [3.05, 3.63) is 18.0 Å². The van der Waals surface area contributed by atoms with Gasteiger partial charge in [0, 0.05) is 31.8 Å². The predicted molar refractivity (Wildman–Crippen MR) is 49.7 cm³/mol. The lowest BCUT2D eigenvalue weighted by Gasteiger charge is -2.14. The van der Waals surface area contributed by atoms with Crippen LogP contribution >= 0.6 is 0 Å². The molecule has 1 aromatic heterocycles. The number of H-pyrrole nitrogens is 1. The number of hydrogen-bond acceptors (Lipinski definition) is 3. The van der Waals surface area contributed by atoms with Crippen LogP contribution < -0.4 is 0 Å². The SMILES string of the molecule is O=C(c1cn[nH]c1)N1CCC(CO)C1. The molecule has 0 saturated carbocycles. The van der Waals surface area contributed by atoms with E-state index in [-0.39, 0.29) is 18.4 Å². The van der Waals surface area contributed by atoms with Gasteiger partial charge in [-0.2, -0.15) is 5.10 Å². The molecule has 0 aromatic carbocycles. The highest BCUT2D eigenvalue weighted by molar-refractivity contribution is 5.93. The van der Waals surface area contributed by atoms with Gasteiger partial charge in [-0.1, -0.05) is 0 Å². The van der Waals surface area contributed by atoms with E-state index in [1.165, 1.54) is 6.20 Å². The van der Waals surface area contributed by atoms with Gasteiger partial charge in [0.1, 0.15) is 0 Å². The summed E-state index contributed by atoms with van der Waals surface area (Å²) < 4.78 is 0. The first kappa shape index (κ1) is 9.21. The Bertz CT molecular complexity index is 310. The van der Waals surface area contributed by atoms with Crippen LogP contribution in [0.15, 0.2) is 12.4 Å². The molecule has 0 aliphatic carbocycles. The Kier molecular flexibility index (Phi) is 2.49. The Morgan fingerprint density at radius 2 is 2.64 bits per heavy atom. The monoisotopic (exact) mass is 195 g/mol. The number of nitrogens with one attached hydrogen (secondary N) is 1. The second kappa shape index (κ2) is 3.79. The molecule has 0 radical (unpaired) electrons. The minimum atomic E-state index is -0.00491. The molecule has 0 bridgehead atoms. The molecule has 1 aliphatic heterocycles. The molecule has 2 rings (SSSR count). The average Bonchev–Trinajstić information content (AvgIpc) is 2.88. The van der Waals surface area contributed by atoms with Crippen LogP contribution in [0.1, 0.15) is 16.8 Å². The smallest absolute Gasteiger partial charge is 0.257 e. The van der Waals surface area contributed by atoms with E-state index in [2.05, 4.69) is 10.2 Å². The van der Waals surface area contributed by atoms with Gasteiger partial charge in [0.2, 0.25) is 0 Å². The summed E-state index contributed by atoms with van der Waals surface area (Å²) in [5, 5.41) is 15.3. The van der Waals surface area contributed by atoms with Crippen molar-refractivity contribution in [3.63, 3.8) is 0 Å². The Morgan fingerprint density at radius 3 is 3.21 bits per heavy atom. The molecule has 76 valence electrons. The molecule has 1 atom stereocenters. The number of aromatic amines is 1. The molecular weight excluding hydrogens is 182 g/mol. The molecule has 5 nitrogen and oxygen atoms in total. The van der Waals surface area contributed by atoms with Gasteiger partial charge in [-0.05, 0) is 6.42 Å². The highest BCUT2D eigenvalue weighted by Gasteiger charge is 2.26. The highest BCUT2D eigenvalue weighted by atomic mass is 16.3. The van der Waals surface area contributed by atoms with Gasteiger partial charge >= 0.3 is 0 Å².